The molecule has 1 unspecified atom stereocenters. The lowest BCUT2D eigenvalue weighted by Gasteiger charge is -2.34. The number of carbonyl (C=O) groups excluding carboxylic acids is 3. The molecule has 3 amide bonds. The van der Waals surface area contributed by atoms with Gasteiger partial charge < -0.3 is 19.9 Å². The highest BCUT2D eigenvalue weighted by molar-refractivity contribution is 5.91. The quantitative estimate of drug-likeness (QED) is 0.692. The largest absolute Gasteiger partial charge is 0.496 e. The summed E-state index contributed by atoms with van der Waals surface area (Å²) in [7, 11) is 1.67. The molecule has 0 aromatic heterocycles. The molecule has 0 saturated carbocycles. The Kier molecular flexibility index (Phi) is 6.11. The second kappa shape index (κ2) is 8.96. The maximum atomic E-state index is 12.8. The van der Waals surface area contributed by atoms with Crippen molar-refractivity contribution in [2.75, 3.05) is 33.3 Å². The van der Waals surface area contributed by atoms with Gasteiger partial charge in [0.05, 0.1) is 7.11 Å². The zero-order chi connectivity index (χ0) is 21.8. The molecule has 0 aliphatic carbocycles. The van der Waals surface area contributed by atoms with Crippen molar-refractivity contribution in [2.24, 2.45) is 0 Å². The van der Waals surface area contributed by atoms with Crippen molar-refractivity contribution in [1.29, 1.82) is 0 Å². The maximum Gasteiger partial charge on any atom is 0.222 e. The van der Waals surface area contributed by atoms with Gasteiger partial charge in [-0.05, 0) is 36.3 Å². The number of carbonyl (C=O) groups is 3. The molecule has 7 nitrogen and oxygen atoms in total. The van der Waals surface area contributed by atoms with Crippen LogP contribution in [-0.2, 0) is 20.8 Å². The first kappa shape index (κ1) is 21.2. The number of rotatable bonds is 7. The van der Waals surface area contributed by atoms with E-state index in [9.17, 15) is 14.4 Å². The second-order valence-corrected chi connectivity index (χ2v) is 8.50. The number of ether oxygens (including phenoxy) is 1. The van der Waals surface area contributed by atoms with Crippen molar-refractivity contribution >= 4 is 29.0 Å². The molecule has 0 spiro atoms. The van der Waals surface area contributed by atoms with Crippen LogP contribution in [0.15, 0.2) is 36.4 Å². The van der Waals surface area contributed by atoms with E-state index in [1.54, 1.807) is 12.0 Å². The molecule has 2 aliphatic rings. The molecular formula is C24H29N3O4. The summed E-state index contributed by atoms with van der Waals surface area (Å²) in [5, 5.41) is 5.35. The molecule has 1 atom stereocenters. The molecule has 2 saturated heterocycles. The molecule has 1 N–H and O–H groups in total. The van der Waals surface area contributed by atoms with Gasteiger partial charge in [0, 0.05) is 49.9 Å². The smallest absolute Gasteiger partial charge is 0.222 e. The van der Waals surface area contributed by atoms with Crippen LogP contribution in [-0.4, -0.2) is 66.9 Å². The summed E-state index contributed by atoms with van der Waals surface area (Å²) >= 11 is 0. The van der Waals surface area contributed by atoms with E-state index in [2.05, 4.69) is 17.4 Å². The molecule has 2 aliphatic heterocycles. The molecule has 2 fully saturated rings. The van der Waals surface area contributed by atoms with Gasteiger partial charge in [-0.3, -0.25) is 14.4 Å². The van der Waals surface area contributed by atoms with Crippen LogP contribution in [0.2, 0.25) is 0 Å². The maximum absolute atomic E-state index is 12.8. The molecule has 2 heterocycles. The molecule has 2 aromatic rings. The predicted molar refractivity (Wildman–Crippen MR) is 118 cm³/mol. The fourth-order valence-corrected chi connectivity index (χ4v) is 4.79. The highest BCUT2D eigenvalue weighted by atomic mass is 16.5. The Morgan fingerprint density at radius 2 is 1.87 bits per heavy atom. The van der Waals surface area contributed by atoms with Crippen LogP contribution in [0.5, 0.6) is 5.75 Å². The average molecular weight is 424 g/mol. The van der Waals surface area contributed by atoms with Crippen molar-refractivity contribution < 1.29 is 19.1 Å². The van der Waals surface area contributed by atoms with Gasteiger partial charge in [0.2, 0.25) is 18.2 Å². The van der Waals surface area contributed by atoms with Crippen molar-refractivity contribution in [1.82, 2.24) is 15.1 Å². The highest BCUT2D eigenvalue weighted by Gasteiger charge is 2.38. The Hall–Kier alpha value is -3.09. The van der Waals surface area contributed by atoms with E-state index in [4.69, 9.17) is 4.74 Å². The van der Waals surface area contributed by atoms with Crippen LogP contribution < -0.4 is 10.1 Å². The van der Waals surface area contributed by atoms with Gasteiger partial charge in [-0.25, -0.2) is 0 Å². The van der Waals surface area contributed by atoms with E-state index in [-0.39, 0.29) is 11.8 Å². The Labute approximate surface area is 182 Å². The Balaban J connectivity index is 1.50. The lowest BCUT2D eigenvalue weighted by molar-refractivity contribution is -0.135. The minimum absolute atomic E-state index is 0.0462. The number of nitrogens with zero attached hydrogens (tertiary/aromatic N) is 2. The Bertz CT molecular complexity index is 984. The monoisotopic (exact) mass is 423 g/mol. The molecule has 4 rings (SSSR count). The number of piperazine rings is 1. The first-order valence-electron chi connectivity index (χ1n) is 10.9. The molecule has 0 radical (unpaired) electrons. The van der Waals surface area contributed by atoms with Crippen molar-refractivity contribution in [3.05, 3.63) is 42.0 Å². The number of hydrogen-bond acceptors (Lipinski definition) is 4. The third-order valence-electron chi connectivity index (χ3n) is 6.59. The molecule has 2 aromatic carbocycles. The van der Waals surface area contributed by atoms with E-state index < -0.39 is 5.54 Å². The summed E-state index contributed by atoms with van der Waals surface area (Å²) in [4.78, 5) is 39.4. The van der Waals surface area contributed by atoms with Gasteiger partial charge in [0.25, 0.3) is 0 Å². The molecule has 7 heteroatoms. The summed E-state index contributed by atoms with van der Waals surface area (Å²) in [6.07, 6.45) is 3.71. The van der Waals surface area contributed by atoms with Crippen LogP contribution in [0.4, 0.5) is 0 Å². The molecule has 31 heavy (non-hydrogen) atoms. The SMILES string of the molecule is COc1ccc(CC2(CCC(=O)N3CCN(C=O)CC3)CCC(=O)N2)c2ccccc12. The van der Waals surface area contributed by atoms with Crippen LogP contribution in [0.3, 0.4) is 0 Å². The fourth-order valence-electron chi connectivity index (χ4n) is 4.79. The predicted octanol–water partition coefficient (Wildman–Crippen LogP) is 2.12. The summed E-state index contributed by atoms with van der Waals surface area (Å²) in [6.45, 7) is 2.30. The molecule has 164 valence electrons. The van der Waals surface area contributed by atoms with Gasteiger partial charge in [-0.15, -0.1) is 0 Å². The Morgan fingerprint density at radius 1 is 1.13 bits per heavy atom. The minimum Gasteiger partial charge on any atom is -0.496 e. The topological polar surface area (TPSA) is 79.0 Å². The zero-order valence-electron chi connectivity index (χ0n) is 17.9. The normalized spacial score (nSPS) is 21.3. The average Bonchev–Trinajstić information content (AvgIpc) is 3.18. The van der Waals surface area contributed by atoms with Gasteiger partial charge in [0.15, 0.2) is 0 Å². The van der Waals surface area contributed by atoms with E-state index in [0.29, 0.717) is 51.9 Å². The number of benzene rings is 2. The first-order chi connectivity index (χ1) is 15.0. The van der Waals surface area contributed by atoms with Crippen LogP contribution in [0.1, 0.15) is 31.2 Å². The fraction of sp³-hybridized carbons (Fsp3) is 0.458. The highest BCUT2D eigenvalue weighted by Crippen LogP contribution is 2.35. The summed E-state index contributed by atoms with van der Waals surface area (Å²) in [5.41, 5.74) is 0.722. The third-order valence-corrected chi connectivity index (χ3v) is 6.59. The van der Waals surface area contributed by atoms with Gasteiger partial charge in [-0.1, -0.05) is 30.3 Å². The van der Waals surface area contributed by atoms with Crippen molar-refractivity contribution in [3.8, 4) is 5.75 Å². The second-order valence-electron chi connectivity index (χ2n) is 8.50. The van der Waals surface area contributed by atoms with Crippen LogP contribution in [0, 0.1) is 0 Å². The van der Waals surface area contributed by atoms with Gasteiger partial charge in [0.1, 0.15) is 5.75 Å². The van der Waals surface area contributed by atoms with Gasteiger partial charge in [-0.2, -0.15) is 0 Å². The third kappa shape index (κ3) is 4.50. The van der Waals surface area contributed by atoms with E-state index >= 15 is 0 Å². The summed E-state index contributed by atoms with van der Waals surface area (Å²) in [5.74, 6) is 0.962. The van der Waals surface area contributed by atoms with E-state index in [1.165, 1.54) is 0 Å². The standard InChI is InChI=1S/C24H29N3O4/c1-31-21-7-6-18(19-4-2-3-5-20(19)21)16-24(10-8-22(29)25-24)11-9-23(30)27-14-12-26(17-28)13-15-27/h2-7,17H,8-16H2,1H3,(H,25,29). The first-order valence-corrected chi connectivity index (χ1v) is 10.9. The number of methoxy groups -OCH3 is 1. The number of amides is 3. The van der Waals surface area contributed by atoms with Crippen LogP contribution in [0.25, 0.3) is 10.8 Å². The molecule has 0 bridgehead atoms. The van der Waals surface area contributed by atoms with Crippen molar-refractivity contribution in [3.63, 3.8) is 0 Å². The summed E-state index contributed by atoms with van der Waals surface area (Å²) < 4.78 is 5.51. The van der Waals surface area contributed by atoms with Crippen LogP contribution >= 0.6 is 0 Å². The van der Waals surface area contributed by atoms with Gasteiger partial charge >= 0.3 is 0 Å². The number of fused-ring (bicyclic) bond motifs is 1. The number of nitrogens with one attached hydrogen (secondary N) is 1. The lowest BCUT2D eigenvalue weighted by Crippen LogP contribution is -2.49. The zero-order valence-corrected chi connectivity index (χ0v) is 17.9. The lowest BCUT2D eigenvalue weighted by atomic mass is 9.83. The summed E-state index contributed by atoms with van der Waals surface area (Å²) in [6, 6.07) is 12.2. The molecular weight excluding hydrogens is 394 g/mol. The van der Waals surface area contributed by atoms with E-state index in [0.717, 1.165) is 34.9 Å². The minimum atomic E-state index is -0.422. The van der Waals surface area contributed by atoms with Crippen molar-refractivity contribution in [2.45, 2.75) is 37.6 Å². The number of hydrogen-bond donors (Lipinski definition) is 1. The Morgan fingerprint density at radius 3 is 2.52 bits per heavy atom. The van der Waals surface area contributed by atoms with E-state index in [1.807, 2.05) is 29.2 Å².